The van der Waals surface area contributed by atoms with E-state index in [9.17, 15) is 9.18 Å². The zero-order valence-electron chi connectivity index (χ0n) is 10.9. The van der Waals surface area contributed by atoms with Gasteiger partial charge in [-0.2, -0.15) is 0 Å². The summed E-state index contributed by atoms with van der Waals surface area (Å²) in [6.07, 6.45) is -0.294. The summed E-state index contributed by atoms with van der Waals surface area (Å²) in [6, 6.07) is 6.10. The van der Waals surface area contributed by atoms with Crippen molar-refractivity contribution >= 4 is 22.0 Å². The molecular weight excluding hydrogens is 327 g/mol. The van der Waals surface area contributed by atoms with Crippen molar-refractivity contribution in [1.82, 2.24) is 10.2 Å². The van der Waals surface area contributed by atoms with Crippen molar-refractivity contribution in [3.63, 3.8) is 0 Å². The van der Waals surface area contributed by atoms with Crippen molar-refractivity contribution in [2.24, 2.45) is 0 Å². The van der Waals surface area contributed by atoms with Crippen molar-refractivity contribution in [3.05, 3.63) is 46.7 Å². The lowest BCUT2D eigenvalue weighted by Crippen LogP contribution is -2.47. The SMILES string of the molecule is C=C(Br)CNC(=O)N1CCO[C@H](c2cccc(F)c2)C1. The zero-order chi connectivity index (χ0) is 14.5. The van der Waals surface area contributed by atoms with Crippen molar-refractivity contribution in [3.8, 4) is 0 Å². The van der Waals surface area contributed by atoms with Crippen molar-refractivity contribution in [2.75, 3.05) is 26.2 Å². The fourth-order valence-corrected chi connectivity index (χ4v) is 2.17. The smallest absolute Gasteiger partial charge is 0.317 e. The number of morpholine rings is 1. The minimum atomic E-state index is -0.303. The summed E-state index contributed by atoms with van der Waals surface area (Å²) in [5, 5.41) is 2.75. The summed E-state index contributed by atoms with van der Waals surface area (Å²) in [5.41, 5.74) is 0.743. The lowest BCUT2D eigenvalue weighted by molar-refractivity contribution is -0.0154. The van der Waals surface area contributed by atoms with Gasteiger partial charge in [-0.25, -0.2) is 9.18 Å². The highest BCUT2D eigenvalue weighted by atomic mass is 79.9. The van der Waals surface area contributed by atoms with Crippen LogP contribution < -0.4 is 5.32 Å². The summed E-state index contributed by atoms with van der Waals surface area (Å²) in [7, 11) is 0. The molecular formula is C14H16BrFN2O2. The number of halogens is 2. The van der Waals surface area contributed by atoms with Crippen LogP contribution in [0, 0.1) is 5.82 Å². The van der Waals surface area contributed by atoms with Gasteiger partial charge in [-0.3, -0.25) is 0 Å². The van der Waals surface area contributed by atoms with Gasteiger partial charge >= 0.3 is 6.03 Å². The third kappa shape index (κ3) is 4.05. The molecule has 0 radical (unpaired) electrons. The molecule has 2 rings (SSSR count). The van der Waals surface area contributed by atoms with Crippen molar-refractivity contribution < 1.29 is 13.9 Å². The number of hydrogen-bond acceptors (Lipinski definition) is 2. The van der Waals surface area contributed by atoms with Crippen LogP contribution in [0.2, 0.25) is 0 Å². The summed E-state index contributed by atoms with van der Waals surface area (Å²) in [5.74, 6) is -0.303. The van der Waals surface area contributed by atoms with Gasteiger partial charge in [0.05, 0.1) is 19.7 Å². The Labute approximate surface area is 125 Å². The Kier molecular flexibility index (Phi) is 5.14. The lowest BCUT2D eigenvalue weighted by atomic mass is 10.1. The summed E-state index contributed by atoms with van der Waals surface area (Å²) < 4.78 is 19.5. The van der Waals surface area contributed by atoms with Gasteiger partial charge in [0.15, 0.2) is 0 Å². The number of hydrogen-bond donors (Lipinski definition) is 1. The topological polar surface area (TPSA) is 41.6 Å². The summed E-state index contributed by atoms with van der Waals surface area (Å²) in [6.45, 7) is 5.40. The van der Waals surface area contributed by atoms with E-state index in [-0.39, 0.29) is 18.0 Å². The largest absolute Gasteiger partial charge is 0.370 e. The second-order valence-corrected chi connectivity index (χ2v) is 5.66. The van der Waals surface area contributed by atoms with Crippen LogP contribution in [0.3, 0.4) is 0 Å². The Hall–Kier alpha value is -1.40. The maximum absolute atomic E-state index is 13.2. The van der Waals surface area contributed by atoms with Crippen LogP contribution in [-0.4, -0.2) is 37.2 Å². The molecule has 4 nitrogen and oxygen atoms in total. The number of urea groups is 1. The second-order valence-electron chi connectivity index (χ2n) is 4.54. The van der Waals surface area contributed by atoms with Gasteiger partial charge in [0.2, 0.25) is 0 Å². The second kappa shape index (κ2) is 6.85. The molecule has 0 spiro atoms. The molecule has 0 bridgehead atoms. The molecule has 1 N–H and O–H groups in total. The van der Waals surface area contributed by atoms with E-state index in [0.29, 0.717) is 30.7 Å². The number of nitrogens with one attached hydrogen (secondary N) is 1. The first-order chi connectivity index (χ1) is 9.56. The zero-order valence-corrected chi connectivity index (χ0v) is 12.5. The molecule has 0 aliphatic carbocycles. The van der Waals surface area contributed by atoms with E-state index in [1.807, 2.05) is 0 Å². The average Bonchev–Trinajstić information content (AvgIpc) is 2.45. The Bertz CT molecular complexity index is 510. The molecule has 1 saturated heterocycles. The highest BCUT2D eigenvalue weighted by Gasteiger charge is 2.25. The number of rotatable bonds is 3. The van der Waals surface area contributed by atoms with Crippen LogP contribution in [0.4, 0.5) is 9.18 Å². The number of nitrogens with zero attached hydrogens (tertiary/aromatic N) is 1. The van der Waals surface area contributed by atoms with Crippen LogP contribution in [0.15, 0.2) is 35.3 Å². The maximum atomic E-state index is 13.2. The van der Waals surface area contributed by atoms with Crippen LogP contribution in [0.1, 0.15) is 11.7 Å². The van der Waals surface area contributed by atoms with Gasteiger partial charge in [-0.1, -0.05) is 34.6 Å². The Morgan fingerprint density at radius 1 is 1.60 bits per heavy atom. The van der Waals surface area contributed by atoms with Gasteiger partial charge < -0.3 is 15.0 Å². The molecule has 20 heavy (non-hydrogen) atoms. The van der Waals surface area contributed by atoms with E-state index in [2.05, 4.69) is 27.8 Å². The minimum Gasteiger partial charge on any atom is -0.370 e. The first kappa shape index (κ1) is 15.0. The molecule has 6 heteroatoms. The number of benzene rings is 1. The normalized spacial score (nSPS) is 18.7. The number of ether oxygens (including phenoxy) is 1. The quantitative estimate of drug-likeness (QED) is 0.917. The standard InChI is InChI=1S/C14H16BrFN2O2/c1-10(15)8-17-14(19)18-5-6-20-13(9-18)11-3-2-4-12(16)7-11/h2-4,7,13H,1,5-6,8-9H2,(H,17,19)/t13-/m0/s1. The number of carbonyl (C=O) groups is 1. The molecule has 0 unspecified atom stereocenters. The fourth-order valence-electron chi connectivity index (χ4n) is 2.03. The van der Waals surface area contributed by atoms with E-state index in [1.165, 1.54) is 12.1 Å². The van der Waals surface area contributed by atoms with Gasteiger partial charge in [0.1, 0.15) is 11.9 Å². The average molecular weight is 343 g/mol. The number of amides is 2. The summed E-state index contributed by atoms with van der Waals surface area (Å²) in [4.78, 5) is 13.6. The molecule has 1 fully saturated rings. The molecule has 1 aliphatic rings. The van der Waals surface area contributed by atoms with Crippen LogP contribution >= 0.6 is 15.9 Å². The van der Waals surface area contributed by atoms with E-state index in [4.69, 9.17) is 4.74 Å². The maximum Gasteiger partial charge on any atom is 0.317 e. The molecule has 0 aromatic heterocycles. The highest BCUT2D eigenvalue weighted by Crippen LogP contribution is 2.22. The predicted molar refractivity (Wildman–Crippen MR) is 78.1 cm³/mol. The monoisotopic (exact) mass is 342 g/mol. The van der Waals surface area contributed by atoms with E-state index < -0.39 is 0 Å². The third-order valence-corrected chi connectivity index (χ3v) is 3.29. The minimum absolute atomic E-state index is 0.171. The molecule has 0 saturated carbocycles. The van der Waals surface area contributed by atoms with Gasteiger partial charge in [0, 0.05) is 11.0 Å². The predicted octanol–water partition coefficient (Wildman–Crippen LogP) is 2.82. The van der Waals surface area contributed by atoms with E-state index >= 15 is 0 Å². The Morgan fingerprint density at radius 2 is 2.40 bits per heavy atom. The molecule has 1 heterocycles. The summed E-state index contributed by atoms with van der Waals surface area (Å²) >= 11 is 3.19. The van der Waals surface area contributed by atoms with Gasteiger partial charge in [-0.15, -0.1) is 0 Å². The Morgan fingerprint density at radius 3 is 3.10 bits per heavy atom. The van der Waals surface area contributed by atoms with Crippen molar-refractivity contribution in [2.45, 2.75) is 6.10 Å². The fraction of sp³-hybridized carbons (Fsp3) is 0.357. The van der Waals surface area contributed by atoms with Crippen LogP contribution in [0.25, 0.3) is 0 Å². The van der Waals surface area contributed by atoms with E-state index in [1.54, 1.807) is 17.0 Å². The number of carbonyl (C=O) groups excluding carboxylic acids is 1. The molecule has 1 atom stereocenters. The molecule has 1 aromatic rings. The van der Waals surface area contributed by atoms with Crippen molar-refractivity contribution in [1.29, 1.82) is 0 Å². The Balaban J connectivity index is 1.98. The molecule has 1 aliphatic heterocycles. The third-order valence-electron chi connectivity index (χ3n) is 3.01. The lowest BCUT2D eigenvalue weighted by Gasteiger charge is -2.33. The first-order valence-corrected chi connectivity index (χ1v) is 7.08. The van der Waals surface area contributed by atoms with Crippen LogP contribution in [0.5, 0.6) is 0 Å². The molecule has 108 valence electrons. The van der Waals surface area contributed by atoms with Gasteiger partial charge in [-0.05, 0) is 17.7 Å². The molecule has 1 aromatic carbocycles. The van der Waals surface area contributed by atoms with Gasteiger partial charge in [0.25, 0.3) is 0 Å². The first-order valence-electron chi connectivity index (χ1n) is 6.29. The molecule has 2 amide bonds. The highest BCUT2D eigenvalue weighted by molar-refractivity contribution is 9.11. The van der Waals surface area contributed by atoms with E-state index in [0.717, 1.165) is 5.56 Å². The van der Waals surface area contributed by atoms with Crippen LogP contribution in [-0.2, 0) is 4.74 Å².